The van der Waals surface area contributed by atoms with Gasteiger partial charge in [-0.2, -0.15) is 0 Å². The third-order valence-corrected chi connectivity index (χ3v) is 6.60. The van der Waals surface area contributed by atoms with Gasteiger partial charge in [0.25, 0.3) is 11.8 Å². The minimum absolute atomic E-state index is 0.0291. The number of unbranched alkanes of at least 4 members (excludes halogenated alkanes) is 2. The molecule has 2 aromatic carbocycles. The Labute approximate surface area is 191 Å². The Balaban J connectivity index is 1.05. The topological polar surface area (TPSA) is 98.8 Å². The number of nitrogens with one attached hydrogen (secondary N) is 2. The average molecular weight is 447 g/mol. The number of nitrogens with zero attached hydrogens (tertiary/aromatic N) is 2. The van der Waals surface area contributed by atoms with Crippen LogP contribution in [0.1, 0.15) is 52.8 Å². The van der Waals surface area contributed by atoms with Crippen molar-refractivity contribution in [2.75, 3.05) is 23.3 Å². The highest BCUT2D eigenvalue weighted by Crippen LogP contribution is 2.36. The first kappa shape index (κ1) is 21.2. The highest BCUT2D eigenvalue weighted by atomic mass is 16.2. The van der Waals surface area contributed by atoms with E-state index >= 15 is 0 Å². The van der Waals surface area contributed by atoms with E-state index in [-0.39, 0.29) is 35.7 Å². The lowest BCUT2D eigenvalue weighted by Gasteiger charge is -2.32. The number of hydrogen-bond acceptors (Lipinski definition) is 5. The Morgan fingerprint density at radius 3 is 2.39 bits per heavy atom. The predicted octanol–water partition coefficient (Wildman–Crippen LogP) is 2.56. The lowest BCUT2D eigenvalue weighted by Crippen LogP contribution is -2.44. The molecule has 1 saturated heterocycles. The van der Waals surface area contributed by atoms with E-state index in [1.165, 1.54) is 4.90 Å². The number of carbonyl (C=O) groups excluding carboxylic acids is 4. The summed E-state index contributed by atoms with van der Waals surface area (Å²) in [6.07, 6.45) is 3.06. The Kier molecular flexibility index (Phi) is 5.58. The van der Waals surface area contributed by atoms with Gasteiger partial charge in [0.1, 0.15) is 6.04 Å². The third kappa shape index (κ3) is 3.97. The summed E-state index contributed by atoms with van der Waals surface area (Å²) in [6.45, 7) is 0.975. The summed E-state index contributed by atoms with van der Waals surface area (Å²) in [4.78, 5) is 53.0. The number of fused-ring (bicyclic) bond motifs is 4. The summed E-state index contributed by atoms with van der Waals surface area (Å²) in [5, 5.41) is 6.01. The van der Waals surface area contributed by atoms with Crippen LogP contribution >= 0.6 is 0 Å². The largest absolute Gasteiger partial charge is 0.356 e. The zero-order valence-electron chi connectivity index (χ0n) is 18.3. The molecular formula is C25H26N4O4. The second-order valence-electron chi connectivity index (χ2n) is 8.79. The van der Waals surface area contributed by atoms with Crippen LogP contribution in [-0.4, -0.2) is 53.7 Å². The molecular weight excluding hydrogens is 420 g/mol. The van der Waals surface area contributed by atoms with Gasteiger partial charge in [-0.25, -0.2) is 0 Å². The van der Waals surface area contributed by atoms with Crippen LogP contribution in [-0.2, 0) is 9.59 Å². The van der Waals surface area contributed by atoms with Gasteiger partial charge in [0.2, 0.25) is 11.8 Å². The van der Waals surface area contributed by atoms with E-state index in [4.69, 9.17) is 0 Å². The van der Waals surface area contributed by atoms with E-state index < -0.39 is 0 Å². The van der Waals surface area contributed by atoms with Crippen LogP contribution < -0.4 is 15.5 Å². The lowest BCUT2D eigenvalue weighted by molar-refractivity contribution is -0.122. The highest BCUT2D eigenvalue weighted by Gasteiger charge is 2.41. The van der Waals surface area contributed by atoms with Crippen LogP contribution in [0.4, 0.5) is 11.4 Å². The summed E-state index contributed by atoms with van der Waals surface area (Å²) in [5.74, 6) is -0.541. The van der Waals surface area contributed by atoms with Gasteiger partial charge in [-0.3, -0.25) is 24.1 Å². The number of benzene rings is 2. The van der Waals surface area contributed by atoms with Crippen molar-refractivity contribution < 1.29 is 19.2 Å². The lowest BCUT2D eigenvalue weighted by atomic mass is 10.1. The van der Waals surface area contributed by atoms with Crippen molar-refractivity contribution in [3.63, 3.8) is 0 Å². The van der Waals surface area contributed by atoms with Gasteiger partial charge in [0.05, 0.1) is 22.5 Å². The highest BCUT2D eigenvalue weighted by molar-refractivity contribution is 6.21. The molecule has 3 heterocycles. The summed E-state index contributed by atoms with van der Waals surface area (Å²) >= 11 is 0. The molecule has 33 heavy (non-hydrogen) atoms. The first-order chi connectivity index (χ1) is 16.0. The molecule has 4 amide bonds. The number of para-hydroxylation sites is 2. The Morgan fingerprint density at radius 2 is 1.64 bits per heavy atom. The number of hydrogen-bond donors (Lipinski definition) is 2. The van der Waals surface area contributed by atoms with Crippen molar-refractivity contribution >= 4 is 35.0 Å². The molecule has 0 aliphatic carbocycles. The molecule has 2 aromatic rings. The quantitative estimate of drug-likeness (QED) is 0.503. The summed E-state index contributed by atoms with van der Waals surface area (Å²) < 4.78 is 0. The maximum absolute atomic E-state index is 12.5. The minimum Gasteiger partial charge on any atom is -0.356 e. The molecule has 2 N–H and O–H groups in total. The number of anilines is 2. The summed E-state index contributed by atoms with van der Waals surface area (Å²) in [6, 6.07) is 14.3. The van der Waals surface area contributed by atoms with Crippen LogP contribution in [0.2, 0.25) is 0 Å². The molecule has 8 heteroatoms. The standard InChI is InChI=1S/C25H26N4O4/c30-22(12-2-1-7-13-28-24(32)17-8-3-4-9-18(17)25(28)33)26-16-14-21-23(31)27-19-10-5-6-11-20(19)29(21)15-16/h3-6,8-11,16,21H,1-2,7,12-15H2,(H,26,30)(H,27,31). The molecule has 3 aliphatic rings. The van der Waals surface area contributed by atoms with E-state index in [0.29, 0.717) is 49.9 Å². The fraction of sp³-hybridized carbons (Fsp3) is 0.360. The van der Waals surface area contributed by atoms with Crippen molar-refractivity contribution in [2.24, 2.45) is 0 Å². The smallest absolute Gasteiger partial charge is 0.261 e. The Morgan fingerprint density at radius 1 is 0.939 bits per heavy atom. The minimum atomic E-state index is -0.259. The van der Waals surface area contributed by atoms with E-state index in [1.54, 1.807) is 24.3 Å². The van der Waals surface area contributed by atoms with E-state index in [1.807, 2.05) is 24.3 Å². The molecule has 0 spiro atoms. The number of amides is 4. The monoisotopic (exact) mass is 446 g/mol. The maximum Gasteiger partial charge on any atom is 0.261 e. The predicted molar refractivity (Wildman–Crippen MR) is 123 cm³/mol. The van der Waals surface area contributed by atoms with Crippen molar-refractivity contribution in [3.05, 3.63) is 59.7 Å². The van der Waals surface area contributed by atoms with Gasteiger partial charge in [0.15, 0.2) is 0 Å². The van der Waals surface area contributed by atoms with Crippen LogP contribution in [0.5, 0.6) is 0 Å². The second kappa shape index (κ2) is 8.69. The van der Waals surface area contributed by atoms with Crippen LogP contribution in [0.25, 0.3) is 0 Å². The van der Waals surface area contributed by atoms with Gasteiger partial charge in [-0.05, 0) is 43.5 Å². The van der Waals surface area contributed by atoms with Gasteiger partial charge in [0, 0.05) is 25.6 Å². The normalized spacial score (nSPS) is 20.9. The molecule has 170 valence electrons. The number of rotatable bonds is 7. The van der Waals surface area contributed by atoms with Crippen molar-refractivity contribution in [1.29, 1.82) is 0 Å². The van der Waals surface area contributed by atoms with Crippen LogP contribution in [0, 0.1) is 0 Å². The molecule has 2 unspecified atom stereocenters. The van der Waals surface area contributed by atoms with Gasteiger partial charge in [-0.15, -0.1) is 0 Å². The van der Waals surface area contributed by atoms with Crippen molar-refractivity contribution in [3.8, 4) is 0 Å². The molecule has 0 bridgehead atoms. The Hall–Kier alpha value is -3.68. The molecule has 0 saturated carbocycles. The Bertz CT molecular complexity index is 1100. The van der Waals surface area contributed by atoms with E-state index in [9.17, 15) is 19.2 Å². The number of carbonyl (C=O) groups is 4. The second-order valence-corrected chi connectivity index (χ2v) is 8.79. The molecule has 1 fully saturated rings. The number of imide groups is 1. The molecule has 0 aromatic heterocycles. The maximum atomic E-state index is 12.5. The van der Waals surface area contributed by atoms with Crippen LogP contribution in [0.15, 0.2) is 48.5 Å². The average Bonchev–Trinajstić information content (AvgIpc) is 3.34. The SMILES string of the molecule is O=C(CCCCCN1C(=O)c2ccccc2C1=O)NC1CC2C(=O)Nc3ccccc3N2C1. The van der Waals surface area contributed by atoms with Gasteiger partial charge < -0.3 is 15.5 Å². The zero-order chi connectivity index (χ0) is 22.9. The van der Waals surface area contributed by atoms with Crippen molar-refractivity contribution in [1.82, 2.24) is 10.2 Å². The first-order valence-corrected chi connectivity index (χ1v) is 11.4. The first-order valence-electron chi connectivity index (χ1n) is 11.4. The molecule has 8 nitrogen and oxygen atoms in total. The fourth-order valence-electron chi connectivity index (χ4n) is 4.98. The van der Waals surface area contributed by atoms with E-state index in [0.717, 1.165) is 17.8 Å². The summed E-state index contributed by atoms with van der Waals surface area (Å²) in [5.41, 5.74) is 2.73. The van der Waals surface area contributed by atoms with Crippen LogP contribution in [0.3, 0.4) is 0 Å². The third-order valence-electron chi connectivity index (χ3n) is 6.60. The molecule has 0 radical (unpaired) electrons. The fourth-order valence-corrected chi connectivity index (χ4v) is 4.98. The molecule has 5 rings (SSSR count). The van der Waals surface area contributed by atoms with E-state index in [2.05, 4.69) is 15.5 Å². The van der Waals surface area contributed by atoms with Gasteiger partial charge >= 0.3 is 0 Å². The molecule has 2 atom stereocenters. The summed E-state index contributed by atoms with van der Waals surface area (Å²) in [7, 11) is 0. The zero-order valence-corrected chi connectivity index (χ0v) is 18.3. The van der Waals surface area contributed by atoms with Crippen molar-refractivity contribution in [2.45, 2.75) is 44.2 Å². The molecule has 3 aliphatic heterocycles. The van der Waals surface area contributed by atoms with Gasteiger partial charge in [-0.1, -0.05) is 30.7 Å².